The van der Waals surface area contributed by atoms with Crippen molar-refractivity contribution in [2.45, 2.75) is 18.1 Å². The molecular formula is C14H17N3S. The van der Waals surface area contributed by atoms with E-state index in [-0.39, 0.29) is 0 Å². The summed E-state index contributed by atoms with van der Waals surface area (Å²) in [4.78, 5) is 4.35. The van der Waals surface area contributed by atoms with Crippen LogP contribution in [-0.4, -0.2) is 22.5 Å². The number of nitrogen functional groups attached to an aromatic ring is 1. The van der Waals surface area contributed by atoms with Gasteiger partial charge in [-0.3, -0.25) is 4.98 Å². The van der Waals surface area contributed by atoms with Crippen molar-refractivity contribution in [3.8, 4) is 0 Å². The lowest BCUT2D eigenvalue weighted by atomic mass is 10.1. The van der Waals surface area contributed by atoms with Gasteiger partial charge in [-0.1, -0.05) is 12.1 Å². The fraction of sp³-hybridized carbons (Fsp3) is 0.357. The highest BCUT2D eigenvalue weighted by Gasteiger charge is 2.15. The smallest absolute Gasteiger partial charge is 0.0951 e. The predicted molar refractivity (Wildman–Crippen MR) is 80.1 cm³/mol. The van der Waals surface area contributed by atoms with E-state index in [9.17, 15) is 0 Å². The first-order chi connectivity index (χ1) is 8.84. The molecule has 3 N–H and O–H groups in total. The quantitative estimate of drug-likeness (QED) is 0.832. The summed E-state index contributed by atoms with van der Waals surface area (Å²) in [5.74, 6) is 1.30. The highest BCUT2D eigenvalue weighted by molar-refractivity contribution is 8.00. The molecule has 0 amide bonds. The van der Waals surface area contributed by atoms with E-state index >= 15 is 0 Å². The van der Waals surface area contributed by atoms with Gasteiger partial charge >= 0.3 is 0 Å². The molecule has 0 bridgehead atoms. The number of thioether (sulfide) groups is 1. The fourth-order valence-electron chi connectivity index (χ4n) is 2.38. The highest BCUT2D eigenvalue weighted by Crippen LogP contribution is 2.29. The number of para-hydroxylation sites is 1. The second kappa shape index (κ2) is 5.06. The van der Waals surface area contributed by atoms with Crippen LogP contribution in [0.5, 0.6) is 0 Å². The molecule has 1 aromatic heterocycles. The lowest BCUT2D eigenvalue weighted by Gasteiger charge is -2.13. The van der Waals surface area contributed by atoms with Crippen LogP contribution >= 0.6 is 11.8 Å². The van der Waals surface area contributed by atoms with Crippen LogP contribution in [0, 0.1) is 0 Å². The van der Waals surface area contributed by atoms with Crippen molar-refractivity contribution < 1.29 is 0 Å². The number of aromatic nitrogens is 1. The van der Waals surface area contributed by atoms with E-state index in [1.54, 1.807) is 0 Å². The Kier molecular flexibility index (Phi) is 3.28. The number of nitrogens with two attached hydrogens (primary N) is 1. The van der Waals surface area contributed by atoms with Gasteiger partial charge in [0.25, 0.3) is 0 Å². The second-order valence-electron chi connectivity index (χ2n) is 4.62. The molecule has 3 nitrogen and oxygen atoms in total. The summed E-state index contributed by atoms with van der Waals surface area (Å²) in [6.07, 6.45) is 4.49. The van der Waals surface area contributed by atoms with Gasteiger partial charge in [-0.15, -0.1) is 0 Å². The van der Waals surface area contributed by atoms with Gasteiger partial charge in [0.15, 0.2) is 0 Å². The number of pyridine rings is 1. The van der Waals surface area contributed by atoms with Crippen molar-refractivity contribution in [2.75, 3.05) is 23.3 Å². The maximum Gasteiger partial charge on any atom is 0.0951 e. The average Bonchev–Trinajstić information content (AvgIpc) is 2.90. The Morgan fingerprint density at radius 3 is 3.17 bits per heavy atom. The van der Waals surface area contributed by atoms with Crippen molar-refractivity contribution in [1.82, 2.24) is 4.98 Å². The van der Waals surface area contributed by atoms with E-state index in [4.69, 9.17) is 5.73 Å². The molecule has 2 heterocycles. The Morgan fingerprint density at radius 2 is 2.33 bits per heavy atom. The average molecular weight is 259 g/mol. The van der Waals surface area contributed by atoms with E-state index < -0.39 is 0 Å². The van der Waals surface area contributed by atoms with E-state index in [1.165, 1.54) is 18.6 Å². The standard InChI is InChI=1S/C14H17N3S/c15-12-5-1-4-11-13(6-7-16-14(11)12)17-9-10-3-2-8-18-10/h1,4-7,10H,2-3,8-9,15H2,(H,16,17). The van der Waals surface area contributed by atoms with Crippen LogP contribution in [0.4, 0.5) is 11.4 Å². The third-order valence-corrected chi connectivity index (χ3v) is 4.74. The molecule has 1 unspecified atom stereocenters. The minimum Gasteiger partial charge on any atom is -0.397 e. The maximum absolute atomic E-state index is 5.95. The zero-order chi connectivity index (χ0) is 12.4. The molecule has 1 aromatic carbocycles. The summed E-state index contributed by atoms with van der Waals surface area (Å²) in [6, 6.07) is 7.98. The van der Waals surface area contributed by atoms with Gasteiger partial charge < -0.3 is 11.1 Å². The Bertz CT molecular complexity index is 550. The molecule has 1 aliphatic rings. The van der Waals surface area contributed by atoms with E-state index in [2.05, 4.69) is 28.1 Å². The topological polar surface area (TPSA) is 50.9 Å². The third-order valence-electron chi connectivity index (χ3n) is 3.35. The zero-order valence-corrected chi connectivity index (χ0v) is 11.0. The van der Waals surface area contributed by atoms with Gasteiger partial charge in [0.1, 0.15) is 0 Å². The van der Waals surface area contributed by atoms with Crippen molar-refractivity contribution in [3.63, 3.8) is 0 Å². The molecular weight excluding hydrogens is 242 g/mol. The summed E-state index contributed by atoms with van der Waals surface area (Å²) in [5.41, 5.74) is 8.72. The number of nitrogens with zero attached hydrogens (tertiary/aromatic N) is 1. The number of benzene rings is 1. The lowest BCUT2D eigenvalue weighted by Crippen LogP contribution is -2.13. The molecule has 1 atom stereocenters. The molecule has 1 fully saturated rings. The maximum atomic E-state index is 5.95. The number of anilines is 2. The summed E-state index contributed by atoms with van der Waals surface area (Å²) in [6.45, 7) is 1.03. The predicted octanol–water partition coefficient (Wildman–Crippen LogP) is 3.12. The monoisotopic (exact) mass is 259 g/mol. The fourth-order valence-corrected chi connectivity index (χ4v) is 3.58. The number of hydrogen-bond donors (Lipinski definition) is 2. The number of nitrogens with one attached hydrogen (secondary N) is 1. The molecule has 4 heteroatoms. The van der Waals surface area contributed by atoms with Crippen LogP contribution < -0.4 is 11.1 Å². The lowest BCUT2D eigenvalue weighted by molar-refractivity contribution is 0.806. The molecule has 0 aliphatic carbocycles. The van der Waals surface area contributed by atoms with E-state index in [1.807, 2.05) is 24.4 Å². The Labute approximate surface area is 111 Å². The largest absolute Gasteiger partial charge is 0.397 e. The SMILES string of the molecule is Nc1cccc2c(NCC3CCCS3)ccnc12. The van der Waals surface area contributed by atoms with Crippen molar-refractivity contribution >= 4 is 34.0 Å². The number of rotatable bonds is 3. The van der Waals surface area contributed by atoms with Crippen LogP contribution in [0.3, 0.4) is 0 Å². The number of fused-ring (bicyclic) bond motifs is 1. The summed E-state index contributed by atoms with van der Waals surface area (Å²) >= 11 is 2.07. The second-order valence-corrected chi connectivity index (χ2v) is 6.03. The van der Waals surface area contributed by atoms with Crippen molar-refractivity contribution in [2.24, 2.45) is 0 Å². The van der Waals surface area contributed by atoms with Gasteiger partial charge in [-0.25, -0.2) is 0 Å². The van der Waals surface area contributed by atoms with Crippen molar-refractivity contribution in [3.05, 3.63) is 30.5 Å². The van der Waals surface area contributed by atoms with Crippen LogP contribution in [0.2, 0.25) is 0 Å². The van der Waals surface area contributed by atoms with Crippen LogP contribution in [-0.2, 0) is 0 Å². The van der Waals surface area contributed by atoms with Crippen LogP contribution in [0.15, 0.2) is 30.5 Å². The Balaban J connectivity index is 1.85. The van der Waals surface area contributed by atoms with Gasteiger partial charge in [0, 0.05) is 29.1 Å². The minimum absolute atomic E-state index is 0.742. The van der Waals surface area contributed by atoms with Crippen LogP contribution in [0.1, 0.15) is 12.8 Å². The van der Waals surface area contributed by atoms with Gasteiger partial charge in [0.05, 0.1) is 11.2 Å². The molecule has 0 spiro atoms. The highest BCUT2D eigenvalue weighted by atomic mass is 32.2. The first-order valence-electron chi connectivity index (χ1n) is 6.33. The molecule has 3 rings (SSSR count). The van der Waals surface area contributed by atoms with Gasteiger partial charge in [0.2, 0.25) is 0 Å². The van der Waals surface area contributed by atoms with Crippen LogP contribution in [0.25, 0.3) is 10.9 Å². The Hall–Kier alpha value is -1.42. The molecule has 2 aromatic rings. The van der Waals surface area contributed by atoms with Crippen molar-refractivity contribution in [1.29, 1.82) is 0 Å². The first kappa shape index (κ1) is 11.7. The Morgan fingerprint density at radius 1 is 1.39 bits per heavy atom. The zero-order valence-electron chi connectivity index (χ0n) is 10.2. The van der Waals surface area contributed by atoms with Gasteiger partial charge in [-0.05, 0) is 30.7 Å². The molecule has 0 radical (unpaired) electrons. The van der Waals surface area contributed by atoms with Gasteiger partial charge in [-0.2, -0.15) is 11.8 Å². The molecule has 1 saturated heterocycles. The normalized spacial score (nSPS) is 19.2. The number of hydrogen-bond acceptors (Lipinski definition) is 4. The summed E-state index contributed by atoms with van der Waals surface area (Å²) in [7, 11) is 0. The minimum atomic E-state index is 0.742. The first-order valence-corrected chi connectivity index (χ1v) is 7.38. The molecule has 18 heavy (non-hydrogen) atoms. The van der Waals surface area contributed by atoms with E-state index in [0.29, 0.717) is 0 Å². The molecule has 1 aliphatic heterocycles. The van der Waals surface area contributed by atoms with E-state index in [0.717, 1.165) is 34.1 Å². The molecule has 0 saturated carbocycles. The molecule has 94 valence electrons. The summed E-state index contributed by atoms with van der Waals surface area (Å²) < 4.78 is 0. The summed E-state index contributed by atoms with van der Waals surface area (Å²) in [5, 5.41) is 5.40. The third kappa shape index (κ3) is 2.25.